The fourth-order valence-electron chi connectivity index (χ4n) is 3.10. The molecule has 9 nitrogen and oxygen atoms in total. The van der Waals surface area contributed by atoms with Crippen LogP contribution in [-0.4, -0.2) is 70.4 Å². The molecule has 3 N–H and O–H groups in total. The van der Waals surface area contributed by atoms with Crippen molar-refractivity contribution in [2.75, 3.05) is 25.5 Å². The number of rotatable bonds is 7. The number of benzene rings is 1. The predicted molar refractivity (Wildman–Crippen MR) is 105 cm³/mol. The lowest BCUT2D eigenvalue weighted by atomic mass is 10.0. The molecule has 28 heavy (non-hydrogen) atoms. The van der Waals surface area contributed by atoms with E-state index in [0.717, 1.165) is 16.9 Å². The van der Waals surface area contributed by atoms with Gasteiger partial charge in [0.05, 0.1) is 24.6 Å². The molecule has 9 heteroatoms. The standard InChI is InChI=1S/C19H24N6O3/c1-12(26)25-10-17(22-16(19(27)28)8-14-9-20-11-21-14)18(23-25)13-4-6-15(7-5-13)24(2)3/h4-7,9,11,16-17,22H,8,10H2,1-3H3,(H,20,21)(H,27,28)/t16-,17-/m1/s1. The third-order valence-electron chi connectivity index (χ3n) is 4.64. The van der Waals surface area contributed by atoms with Crippen LogP contribution in [0.25, 0.3) is 0 Å². The number of carboxylic acid groups (broad SMARTS) is 1. The molecule has 0 saturated carbocycles. The summed E-state index contributed by atoms with van der Waals surface area (Å²) in [6.07, 6.45) is 3.36. The third kappa shape index (κ3) is 4.37. The molecule has 0 aliphatic carbocycles. The fraction of sp³-hybridized carbons (Fsp3) is 0.368. The van der Waals surface area contributed by atoms with Crippen LogP contribution in [0.4, 0.5) is 5.69 Å². The van der Waals surface area contributed by atoms with E-state index in [1.54, 1.807) is 6.20 Å². The van der Waals surface area contributed by atoms with Crippen molar-refractivity contribution in [3.05, 3.63) is 48.0 Å². The van der Waals surface area contributed by atoms with E-state index >= 15 is 0 Å². The van der Waals surface area contributed by atoms with Crippen LogP contribution in [0.15, 0.2) is 41.9 Å². The monoisotopic (exact) mass is 384 g/mol. The van der Waals surface area contributed by atoms with Crippen molar-refractivity contribution in [1.29, 1.82) is 0 Å². The molecule has 0 fully saturated rings. The van der Waals surface area contributed by atoms with Gasteiger partial charge in [-0.25, -0.2) is 9.99 Å². The van der Waals surface area contributed by atoms with Crippen LogP contribution < -0.4 is 10.2 Å². The number of nitrogens with zero attached hydrogens (tertiary/aromatic N) is 4. The summed E-state index contributed by atoms with van der Waals surface area (Å²) in [5, 5.41) is 18.6. The van der Waals surface area contributed by atoms with Gasteiger partial charge in [0.2, 0.25) is 5.91 Å². The van der Waals surface area contributed by atoms with Gasteiger partial charge >= 0.3 is 5.97 Å². The lowest BCUT2D eigenvalue weighted by molar-refractivity contribution is -0.139. The molecule has 2 atom stereocenters. The molecule has 1 aliphatic rings. The Kier molecular flexibility index (Phi) is 5.74. The second-order valence-electron chi connectivity index (χ2n) is 6.92. The Morgan fingerprint density at radius 1 is 1.36 bits per heavy atom. The van der Waals surface area contributed by atoms with Crippen LogP contribution in [0.5, 0.6) is 0 Å². The van der Waals surface area contributed by atoms with Crippen molar-refractivity contribution in [1.82, 2.24) is 20.3 Å². The molecule has 0 unspecified atom stereocenters. The highest BCUT2D eigenvalue weighted by atomic mass is 16.4. The first kappa shape index (κ1) is 19.6. The van der Waals surface area contributed by atoms with Gasteiger partial charge in [-0.05, 0) is 17.7 Å². The number of carboxylic acids is 1. The topological polar surface area (TPSA) is 114 Å². The zero-order valence-electron chi connectivity index (χ0n) is 16.1. The minimum Gasteiger partial charge on any atom is -0.480 e. The van der Waals surface area contributed by atoms with Gasteiger partial charge in [0.25, 0.3) is 0 Å². The maximum Gasteiger partial charge on any atom is 0.321 e. The van der Waals surface area contributed by atoms with Crippen molar-refractivity contribution in [3.8, 4) is 0 Å². The number of aliphatic carboxylic acids is 1. The number of amides is 1. The number of anilines is 1. The molecule has 1 amide bonds. The highest BCUT2D eigenvalue weighted by Crippen LogP contribution is 2.19. The van der Waals surface area contributed by atoms with Crippen LogP contribution >= 0.6 is 0 Å². The van der Waals surface area contributed by atoms with E-state index in [1.807, 2.05) is 43.3 Å². The van der Waals surface area contributed by atoms with Gasteiger partial charge in [-0.15, -0.1) is 0 Å². The molecule has 1 aromatic carbocycles. The maximum atomic E-state index is 11.8. The Labute approximate surface area is 163 Å². The molecular formula is C19H24N6O3. The lowest BCUT2D eigenvalue weighted by Gasteiger charge is -2.21. The number of carbonyl (C=O) groups excluding carboxylic acids is 1. The van der Waals surface area contributed by atoms with Crippen LogP contribution in [0.3, 0.4) is 0 Å². The number of aromatic amines is 1. The smallest absolute Gasteiger partial charge is 0.321 e. The van der Waals surface area contributed by atoms with E-state index in [0.29, 0.717) is 5.71 Å². The van der Waals surface area contributed by atoms with Crippen LogP contribution in [0.1, 0.15) is 18.2 Å². The zero-order valence-corrected chi connectivity index (χ0v) is 16.1. The number of aromatic nitrogens is 2. The second-order valence-corrected chi connectivity index (χ2v) is 6.92. The van der Waals surface area contributed by atoms with Crippen molar-refractivity contribution in [3.63, 3.8) is 0 Å². The van der Waals surface area contributed by atoms with E-state index in [-0.39, 0.29) is 18.9 Å². The molecular weight excluding hydrogens is 360 g/mol. The van der Waals surface area contributed by atoms with Gasteiger partial charge in [0.15, 0.2) is 0 Å². The van der Waals surface area contributed by atoms with E-state index in [1.165, 1.54) is 18.3 Å². The quantitative estimate of drug-likeness (QED) is 0.647. The molecule has 148 valence electrons. The molecule has 0 bridgehead atoms. The minimum absolute atomic E-state index is 0.188. The molecule has 3 rings (SSSR count). The molecule has 0 radical (unpaired) electrons. The largest absolute Gasteiger partial charge is 0.480 e. The Morgan fingerprint density at radius 2 is 2.07 bits per heavy atom. The van der Waals surface area contributed by atoms with E-state index in [9.17, 15) is 14.7 Å². The highest BCUT2D eigenvalue weighted by Gasteiger charge is 2.33. The summed E-state index contributed by atoms with van der Waals surface area (Å²) in [5.74, 6) is -1.16. The summed E-state index contributed by atoms with van der Waals surface area (Å²) in [7, 11) is 3.91. The van der Waals surface area contributed by atoms with Gasteiger partial charge in [-0.2, -0.15) is 5.10 Å². The zero-order chi connectivity index (χ0) is 20.3. The summed E-state index contributed by atoms with van der Waals surface area (Å²) in [6.45, 7) is 1.73. The molecule has 2 heterocycles. The first-order valence-electron chi connectivity index (χ1n) is 8.95. The number of carbonyl (C=O) groups is 2. The van der Waals surface area contributed by atoms with Crippen molar-refractivity contribution < 1.29 is 14.7 Å². The minimum atomic E-state index is -0.974. The lowest BCUT2D eigenvalue weighted by Crippen LogP contribution is -2.49. The van der Waals surface area contributed by atoms with Gasteiger partial charge in [0, 0.05) is 45.0 Å². The molecule has 1 aromatic heterocycles. The maximum absolute atomic E-state index is 11.8. The Balaban J connectivity index is 1.83. The summed E-state index contributed by atoms with van der Waals surface area (Å²) < 4.78 is 0. The number of imidazole rings is 1. The highest BCUT2D eigenvalue weighted by molar-refractivity contribution is 6.06. The number of nitrogens with one attached hydrogen (secondary N) is 2. The van der Waals surface area contributed by atoms with E-state index in [4.69, 9.17) is 0 Å². The SMILES string of the molecule is CC(=O)N1C[C@@H](N[C@H](Cc2cnc[nH]2)C(=O)O)C(c2ccc(N(C)C)cc2)=N1. The van der Waals surface area contributed by atoms with E-state index < -0.39 is 18.1 Å². The number of H-pyrrole nitrogens is 1. The molecule has 2 aromatic rings. The first-order chi connectivity index (χ1) is 13.3. The Morgan fingerprint density at radius 3 is 2.61 bits per heavy atom. The second kappa shape index (κ2) is 8.22. The first-order valence-corrected chi connectivity index (χ1v) is 8.95. The van der Waals surface area contributed by atoms with Crippen molar-refractivity contribution >= 4 is 23.3 Å². The fourth-order valence-corrected chi connectivity index (χ4v) is 3.10. The van der Waals surface area contributed by atoms with E-state index in [2.05, 4.69) is 20.4 Å². The summed E-state index contributed by atoms with van der Waals surface area (Å²) in [5.41, 5.74) is 3.25. The van der Waals surface area contributed by atoms with Crippen LogP contribution in [0, 0.1) is 0 Å². The Hall–Kier alpha value is -3.20. The van der Waals surface area contributed by atoms with Crippen LogP contribution in [0.2, 0.25) is 0 Å². The normalized spacial score (nSPS) is 17.3. The third-order valence-corrected chi connectivity index (χ3v) is 4.64. The predicted octanol–water partition coefficient (Wildman–Crippen LogP) is 0.696. The number of hydrogen-bond acceptors (Lipinski definition) is 6. The van der Waals surface area contributed by atoms with Gasteiger partial charge in [-0.1, -0.05) is 12.1 Å². The molecule has 1 aliphatic heterocycles. The number of hydrazone groups is 1. The van der Waals surface area contributed by atoms with Crippen molar-refractivity contribution in [2.24, 2.45) is 5.10 Å². The number of hydrogen-bond donors (Lipinski definition) is 3. The summed E-state index contributed by atoms with van der Waals surface area (Å²) >= 11 is 0. The Bertz CT molecular complexity index is 860. The molecule has 0 spiro atoms. The average Bonchev–Trinajstić information content (AvgIpc) is 3.31. The van der Waals surface area contributed by atoms with Crippen molar-refractivity contribution in [2.45, 2.75) is 25.4 Å². The van der Waals surface area contributed by atoms with Gasteiger partial charge in [0.1, 0.15) is 6.04 Å². The van der Waals surface area contributed by atoms with Gasteiger partial charge < -0.3 is 15.0 Å². The van der Waals surface area contributed by atoms with Crippen LogP contribution in [-0.2, 0) is 16.0 Å². The summed E-state index contributed by atoms with van der Waals surface area (Å²) in [6, 6.07) is 6.55. The van der Waals surface area contributed by atoms with Gasteiger partial charge in [-0.3, -0.25) is 14.9 Å². The molecule has 0 saturated heterocycles. The summed E-state index contributed by atoms with van der Waals surface area (Å²) in [4.78, 5) is 32.5. The average molecular weight is 384 g/mol.